The van der Waals surface area contributed by atoms with E-state index in [1.807, 2.05) is 12.1 Å². The lowest BCUT2D eigenvalue weighted by atomic mass is 9.99. The summed E-state index contributed by atoms with van der Waals surface area (Å²) in [5, 5.41) is 9.41. The number of carbonyl (C=O) groups is 1. The monoisotopic (exact) mass is 303 g/mol. The molecule has 1 fully saturated rings. The Bertz CT molecular complexity index is 792. The fourth-order valence-corrected chi connectivity index (χ4v) is 4.82. The number of ketones is 1. The second-order valence-corrected chi connectivity index (χ2v) is 7.17. The van der Waals surface area contributed by atoms with E-state index in [0.717, 1.165) is 34.9 Å². The third-order valence-corrected chi connectivity index (χ3v) is 5.93. The molecule has 4 rings (SSSR count). The molecule has 1 aliphatic carbocycles. The molecule has 4 nitrogen and oxygen atoms in total. The maximum absolute atomic E-state index is 12.0. The van der Waals surface area contributed by atoms with Gasteiger partial charge in [-0.3, -0.25) is 9.20 Å². The van der Waals surface area contributed by atoms with Crippen LogP contribution in [0, 0.1) is 0 Å². The number of carbonyl (C=O) groups excluding carboxylic acids is 1. The van der Waals surface area contributed by atoms with Crippen molar-refractivity contribution in [2.45, 2.75) is 36.1 Å². The van der Waals surface area contributed by atoms with E-state index >= 15 is 0 Å². The first-order chi connectivity index (χ1) is 9.83. The first kappa shape index (κ1) is 12.3. The maximum atomic E-state index is 12.0. The van der Waals surface area contributed by atoms with E-state index < -0.39 is 0 Å². The third kappa shape index (κ3) is 1.94. The van der Waals surface area contributed by atoms with Gasteiger partial charge in [-0.05, 0) is 25.0 Å². The molecule has 0 radical (unpaired) electrons. The van der Waals surface area contributed by atoms with Crippen LogP contribution in [0.1, 0.15) is 25.7 Å². The van der Waals surface area contributed by atoms with Crippen LogP contribution in [0.5, 0.6) is 0 Å². The molecular weight excluding hydrogens is 290 g/mol. The second kappa shape index (κ2) is 4.86. The molecule has 3 aromatic rings. The minimum Gasteiger partial charge on any atom is -0.298 e. The number of rotatable bonds is 2. The summed E-state index contributed by atoms with van der Waals surface area (Å²) < 4.78 is 3.28. The Morgan fingerprint density at radius 1 is 1.25 bits per heavy atom. The summed E-state index contributed by atoms with van der Waals surface area (Å²) in [6, 6.07) is 8.22. The number of para-hydroxylation sites is 1. The van der Waals surface area contributed by atoms with Gasteiger partial charge in [0.2, 0.25) is 4.96 Å². The highest BCUT2D eigenvalue weighted by Crippen LogP contribution is 2.34. The molecule has 2 aromatic heterocycles. The summed E-state index contributed by atoms with van der Waals surface area (Å²) in [7, 11) is 0. The zero-order valence-corrected chi connectivity index (χ0v) is 12.4. The van der Waals surface area contributed by atoms with Gasteiger partial charge in [-0.2, -0.15) is 0 Å². The summed E-state index contributed by atoms with van der Waals surface area (Å²) in [5.41, 5.74) is 1.13. The molecule has 1 aliphatic rings. The van der Waals surface area contributed by atoms with E-state index in [-0.39, 0.29) is 5.25 Å². The Morgan fingerprint density at radius 3 is 3.05 bits per heavy atom. The van der Waals surface area contributed by atoms with Gasteiger partial charge in [0.25, 0.3) is 0 Å². The van der Waals surface area contributed by atoms with Crippen molar-refractivity contribution in [2.24, 2.45) is 0 Å². The fourth-order valence-electron chi connectivity index (χ4n) is 2.63. The van der Waals surface area contributed by atoms with Crippen molar-refractivity contribution in [2.75, 3.05) is 0 Å². The van der Waals surface area contributed by atoms with Gasteiger partial charge in [0.15, 0.2) is 5.16 Å². The largest absolute Gasteiger partial charge is 0.298 e. The van der Waals surface area contributed by atoms with Gasteiger partial charge < -0.3 is 0 Å². The van der Waals surface area contributed by atoms with Crippen LogP contribution in [0.4, 0.5) is 0 Å². The average Bonchev–Trinajstić information content (AvgIpc) is 3.01. The van der Waals surface area contributed by atoms with Crippen LogP contribution in [0.2, 0.25) is 0 Å². The van der Waals surface area contributed by atoms with Gasteiger partial charge in [-0.15, -0.1) is 10.2 Å². The number of nitrogens with zero attached hydrogens (tertiary/aromatic N) is 3. The van der Waals surface area contributed by atoms with Gasteiger partial charge in [0, 0.05) is 6.42 Å². The lowest BCUT2D eigenvalue weighted by Gasteiger charge is -2.18. The zero-order chi connectivity index (χ0) is 13.5. The SMILES string of the molecule is O=C1CCCCC1Sc1nnc2sc3ccccc3n12. The maximum Gasteiger partial charge on any atom is 0.217 e. The van der Waals surface area contributed by atoms with Crippen LogP contribution in [0.25, 0.3) is 15.2 Å². The van der Waals surface area contributed by atoms with Crippen molar-refractivity contribution in [3.05, 3.63) is 24.3 Å². The van der Waals surface area contributed by atoms with Gasteiger partial charge in [-0.1, -0.05) is 41.7 Å². The van der Waals surface area contributed by atoms with E-state index in [1.165, 1.54) is 4.70 Å². The standard InChI is InChI=1S/C14H13N3OS2/c18-10-6-2-4-8-12(10)20-14-16-15-13-17(14)9-5-1-3-7-11(9)19-13/h1,3,5,7,12H,2,4,6,8H2. The summed E-state index contributed by atoms with van der Waals surface area (Å²) in [4.78, 5) is 12.9. The number of thioether (sulfide) groups is 1. The normalized spacial score (nSPS) is 20.0. The van der Waals surface area contributed by atoms with E-state index in [1.54, 1.807) is 23.1 Å². The molecule has 1 atom stereocenters. The van der Waals surface area contributed by atoms with Crippen LogP contribution in [-0.4, -0.2) is 25.6 Å². The molecule has 0 saturated heterocycles. The Morgan fingerprint density at radius 2 is 2.15 bits per heavy atom. The number of hydrogen-bond donors (Lipinski definition) is 0. The quantitative estimate of drug-likeness (QED) is 0.726. The highest BCUT2D eigenvalue weighted by molar-refractivity contribution is 8.00. The first-order valence-corrected chi connectivity index (χ1v) is 8.44. The third-order valence-electron chi connectivity index (χ3n) is 3.66. The summed E-state index contributed by atoms with van der Waals surface area (Å²) in [6.07, 6.45) is 3.84. The van der Waals surface area contributed by atoms with E-state index in [9.17, 15) is 4.79 Å². The van der Waals surface area contributed by atoms with Crippen molar-refractivity contribution >= 4 is 44.1 Å². The molecule has 0 aliphatic heterocycles. The molecule has 0 amide bonds. The lowest BCUT2D eigenvalue weighted by molar-refractivity contribution is -0.119. The van der Waals surface area contributed by atoms with Crippen molar-refractivity contribution in [3.63, 3.8) is 0 Å². The predicted octanol–water partition coefficient (Wildman–Crippen LogP) is 3.55. The zero-order valence-electron chi connectivity index (χ0n) is 10.8. The molecule has 1 aromatic carbocycles. The molecule has 0 bridgehead atoms. The van der Waals surface area contributed by atoms with Crippen molar-refractivity contribution in [1.82, 2.24) is 14.6 Å². The summed E-state index contributed by atoms with van der Waals surface area (Å²) >= 11 is 3.21. The van der Waals surface area contributed by atoms with E-state index in [4.69, 9.17) is 0 Å². The average molecular weight is 303 g/mol. The molecule has 102 valence electrons. The fraction of sp³-hybridized carbons (Fsp3) is 0.357. The molecule has 1 saturated carbocycles. The number of aromatic nitrogens is 3. The van der Waals surface area contributed by atoms with Crippen molar-refractivity contribution in [3.8, 4) is 0 Å². The molecule has 20 heavy (non-hydrogen) atoms. The topological polar surface area (TPSA) is 47.3 Å². The second-order valence-electron chi connectivity index (χ2n) is 4.99. The molecule has 0 N–H and O–H groups in total. The highest BCUT2D eigenvalue weighted by atomic mass is 32.2. The van der Waals surface area contributed by atoms with E-state index in [0.29, 0.717) is 12.2 Å². The molecule has 6 heteroatoms. The van der Waals surface area contributed by atoms with Gasteiger partial charge >= 0.3 is 0 Å². The number of hydrogen-bond acceptors (Lipinski definition) is 5. The lowest BCUT2D eigenvalue weighted by Crippen LogP contribution is -2.21. The van der Waals surface area contributed by atoms with Gasteiger partial charge in [0.1, 0.15) is 5.78 Å². The van der Waals surface area contributed by atoms with Gasteiger partial charge in [0.05, 0.1) is 15.5 Å². The number of thiazole rings is 1. The van der Waals surface area contributed by atoms with Crippen molar-refractivity contribution < 1.29 is 4.79 Å². The molecule has 0 spiro atoms. The van der Waals surface area contributed by atoms with Crippen LogP contribution < -0.4 is 0 Å². The summed E-state index contributed by atoms with van der Waals surface area (Å²) in [6.45, 7) is 0. The molecule has 1 unspecified atom stereocenters. The van der Waals surface area contributed by atoms with E-state index in [2.05, 4.69) is 26.7 Å². The number of benzene rings is 1. The van der Waals surface area contributed by atoms with Crippen LogP contribution in [0.15, 0.2) is 29.4 Å². The minimum atomic E-state index is 0.0508. The Balaban J connectivity index is 1.77. The Labute approximate surface area is 124 Å². The van der Waals surface area contributed by atoms with Gasteiger partial charge in [-0.25, -0.2) is 0 Å². The van der Waals surface area contributed by atoms with Crippen LogP contribution >= 0.6 is 23.1 Å². The smallest absolute Gasteiger partial charge is 0.217 e. The molecule has 2 heterocycles. The number of Topliss-reactive ketones (excluding diaryl/α,β-unsaturated/α-hetero) is 1. The predicted molar refractivity (Wildman–Crippen MR) is 81.5 cm³/mol. The number of fused-ring (bicyclic) bond motifs is 3. The minimum absolute atomic E-state index is 0.0508. The molecular formula is C14H13N3OS2. The van der Waals surface area contributed by atoms with Crippen molar-refractivity contribution in [1.29, 1.82) is 0 Å². The van der Waals surface area contributed by atoms with Crippen LogP contribution in [-0.2, 0) is 4.79 Å². The Hall–Kier alpha value is -1.40. The summed E-state index contributed by atoms with van der Waals surface area (Å²) in [5.74, 6) is 0.359. The van der Waals surface area contributed by atoms with Crippen LogP contribution in [0.3, 0.4) is 0 Å². The first-order valence-electron chi connectivity index (χ1n) is 6.75. The Kier molecular flexibility index (Phi) is 3.00. The highest BCUT2D eigenvalue weighted by Gasteiger charge is 2.25.